The number of hydrogen-bond acceptors (Lipinski definition) is 5. The lowest BCUT2D eigenvalue weighted by atomic mass is 9.80. The Kier molecular flexibility index (Phi) is 6.18. The Morgan fingerprint density at radius 1 is 1.12 bits per heavy atom. The van der Waals surface area contributed by atoms with Crippen molar-refractivity contribution in [2.75, 3.05) is 26.2 Å². The Hall–Kier alpha value is -0.815. The first-order chi connectivity index (χ1) is 10.9. The van der Waals surface area contributed by atoms with E-state index in [4.69, 9.17) is 14.0 Å². The molecule has 0 atom stereocenters. The maximum absolute atomic E-state index is 6.03. The monoisotopic (exact) mass is 354 g/mol. The molecule has 7 heteroatoms. The van der Waals surface area contributed by atoms with E-state index >= 15 is 0 Å². The molecule has 0 bridgehead atoms. The van der Waals surface area contributed by atoms with Gasteiger partial charge in [-0.05, 0) is 59.7 Å². The van der Waals surface area contributed by atoms with Crippen LogP contribution in [0.25, 0.3) is 0 Å². The first-order valence-corrected chi connectivity index (χ1v) is 8.54. The van der Waals surface area contributed by atoms with Crippen LogP contribution in [0.2, 0.25) is 0 Å². The Bertz CT molecular complexity index is 517. The molecule has 2 aliphatic rings. The Morgan fingerprint density at radius 3 is 2.29 bits per heavy atom. The molecule has 0 aliphatic carbocycles. The highest BCUT2D eigenvalue weighted by Gasteiger charge is 2.51. The molecular formula is C17H28BClN2O3. The number of nitrogens with zero attached hydrogens (tertiary/aromatic N) is 2. The van der Waals surface area contributed by atoms with Gasteiger partial charge in [0.25, 0.3) is 0 Å². The predicted molar refractivity (Wildman–Crippen MR) is 98.4 cm³/mol. The fourth-order valence-electron chi connectivity index (χ4n) is 2.88. The summed E-state index contributed by atoms with van der Waals surface area (Å²) in [6.07, 6.45) is 4.40. The summed E-state index contributed by atoms with van der Waals surface area (Å²) >= 11 is 0. The van der Waals surface area contributed by atoms with E-state index in [0.717, 1.165) is 12.0 Å². The molecule has 3 heterocycles. The zero-order chi connectivity index (χ0) is 16.5. The van der Waals surface area contributed by atoms with Crippen LogP contribution >= 0.6 is 12.4 Å². The number of halogens is 1. The van der Waals surface area contributed by atoms with Crippen LogP contribution in [0, 0.1) is 0 Å². The molecule has 0 N–H and O–H groups in total. The number of likely N-dealkylation sites (tertiary alicyclic amines) is 1. The second-order valence-electron chi connectivity index (χ2n) is 7.42. The molecule has 24 heavy (non-hydrogen) atoms. The maximum Gasteiger partial charge on any atom is 0.496 e. The van der Waals surface area contributed by atoms with Gasteiger partial charge in [0.2, 0.25) is 5.88 Å². The summed E-state index contributed by atoms with van der Waals surface area (Å²) in [5, 5.41) is 0. The SMILES string of the molecule is CC1(C)OB(c2ccc(OCCN3CCCC3)nc2)OC1(C)C.Cl. The smallest absolute Gasteiger partial charge is 0.476 e. The number of rotatable bonds is 5. The third kappa shape index (κ3) is 4.23. The van der Waals surface area contributed by atoms with Crippen molar-refractivity contribution in [1.82, 2.24) is 9.88 Å². The second-order valence-corrected chi connectivity index (χ2v) is 7.42. The van der Waals surface area contributed by atoms with Gasteiger partial charge in [0.15, 0.2) is 0 Å². The van der Waals surface area contributed by atoms with Crippen LogP contribution in [-0.2, 0) is 9.31 Å². The molecule has 0 amide bonds. The average Bonchev–Trinajstić information content (AvgIpc) is 3.06. The van der Waals surface area contributed by atoms with E-state index in [1.807, 2.05) is 12.1 Å². The van der Waals surface area contributed by atoms with Crippen molar-refractivity contribution in [1.29, 1.82) is 0 Å². The van der Waals surface area contributed by atoms with E-state index in [9.17, 15) is 0 Å². The van der Waals surface area contributed by atoms with Crippen molar-refractivity contribution in [3.05, 3.63) is 18.3 Å². The Morgan fingerprint density at radius 2 is 1.75 bits per heavy atom. The van der Waals surface area contributed by atoms with Gasteiger partial charge >= 0.3 is 7.12 Å². The van der Waals surface area contributed by atoms with E-state index in [2.05, 4.69) is 37.6 Å². The van der Waals surface area contributed by atoms with Crippen molar-refractivity contribution < 1.29 is 14.0 Å². The lowest BCUT2D eigenvalue weighted by molar-refractivity contribution is 0.00578. The minimum Gasteiger partial charge on any atom is -0.476 e. The van der Waals surface area contributed by atoms with E-state index in [0.29, 0.717) is 12.5 Å². The van der Waals surface area contributed by atoms with Crippen LogP contribution in [-0.4, -0.2) is 54.4 Å². The molecule has 1 aromatic rings. The molecule has 2 fully saturated rings. The topological polar surface area (TPSA) is 43.8 Å². The predicted octanol–water partition coefficient (Wildman–Crippen LogP) is 2.28. The lowest BCUT2D eigenvalue weighted by Gasteiger charge is -2.32. The third-order valence-electron chi connectivity index (χ3n) is 5.14. The van der Waals surface area contributed by atoms with Crippen molar-refractivity contribution in [2.24, 2.45) is 0 Å². The van der Waals surface area contributed by atoms with Gasteiger partial charge in [0.05, 0.1) is 11.2 Å². The summed E-state index contributed by atoms with van der Waals surface area (Å²) in [5.74, 6) is 0.657. The Labute approximate surface area is 151 Å². The number of pyridine rings is 1. The van der Waals surface area contributed by atoms with E-state index in [1.54, 1.807) is 6.20 Å². The van der Waals surface area contributed by atoms with Crippen LogP contribution in [0.3, 0.4) is 0 Å². The zero-order valence-electron chi connectivity index (χ0n) is 15.1. The van der Waals surface area contributed by atoms with Gasteiger partial charge < -0.3 is 14.0 Å². The summed E-state index contributed by atoms with van der Waals surface area (Å²) in [7, 11) is -0.369. The molecule has 2 saturated heterocycles. The van der Waals surface area contributed by atoms with Crippen molar-refractivity contribution in [3.63, 3.8) is 0 Å². The fraction of sp³-hybridized carbons (Fsp3) is 0.706. The molecule has 0 aromatic carbocycles. The Balaban J connectivity index is 0.00000208. The van der Waals surface area contributed by atoms with Crippen LogP contribution in [0.1, 0.15) is 40.5 Å². The van der Waals surface area contributed by atoms with Crippen molar-refractivity contribution in [3.8, 4) is 5.88 Å². The van der Waals surface area contributed by atoms with Crippen LogP contribution in [0.15, 0.2) is 18.3 Å². The van der Waals surface area contributed by atoms with Gasteiger partial charge in [0, 0.05) is 18.2 Å². The normalized spacial score (nSPS) is 22.4. The maximum atomic E-state index is 6.03. The summed E-state index contributed by atoms with van der Waals surface area (Å²) in [6.45, 7) is 12.2. The standard InChI is InChI=1S/C17H27BN2O3.ClH/c1-16(2)17(3,4)23-18(22-16)14-7-8-15(19-13-14)21-12-11-20-9-5-6-10-20;/h7-8,13H,5-6,9-12H2,1-4H3;1H. The summed E-state index contributed by atoms with van der Waals surface area (Å²) < 4.78 is 17.8. The molecule has 1 aromatic heterocycles. The van der Waals surface area contributed by atoms with Crippen LogP contribution in [0.5, 0.6) is 5.88 Å². The average molecular weight is 355 g/mol. The van der Waals surface area contributed by atoms with Gasteiger partial charge in [-0.15, -0.1) is 12.4 Å². The highest BCUT2D eigenvalue weighted by Crippen LogP contribution is 2.36. The highest BCUT2D eigenvalue weighted by molar-refractivity contribution is 6.62. The molecular weight excluding hydrogens is 326 g/mol. The van der Waals surface area contributed by atoms with Gasteiger partial charge in [-0.25, -0.2) is 4.98 Å². The molecule has 134 valence electrons. The summed E-state index contributed by atoms with van der Waals surface area (Å²) in [6, 6.07) is 3.87. The molecule has 0 spiro atoms. The van der Waals surface area contributed by atoms with Crippen LogP contribution in [0.4, 0.5) is 0 Å². The van der Waals surface area contributed by atoms with E-state index in [-0.39, 0.29) is 30.7 Å². The van der Waals surface area contributed by atoms with Crippen molar-refractivity contribution >= 4 is 25.0 Å². The first kappa shape index (κ1) is 19.5. The highest BCUT2D eigenvalue weighted by atomic mass is 35.5. The molecule has 0 saturated carbocycles. The molecule has 0 unspecified atom stereocenters. The largest absolute Gasteiger partial charge is 0.496 e. The lowest BCUT2D eigenvalue weighted by Crippen LogP contribution is -2.41. The van der Waals surface area contributed by atoms with Gasteiger partial charge in [0.1, 0.15) is 6.61 Å². The van der Waals surface area contributed by atoms with Gasteiger partial charge in [-0.2, -0.15) is 0 Å². The number of ether oxygens (including phenoxy) is 1. The third-order valence-corrected chi connectivity index (χ3v) is 5.14. The minimum atomic E-state index is -0.369. The summed E-state index contributed by atoms with van der Waals surface area (Å²) in [4.78, 5) is 6.81. The van der Waals surface area contributed by atoms with Crippen molar-refractivity contribution in [2.45, 2.75) is 51.7 Å². The van der Waals surface area contributed by atoms with Crippen LogP contribution < -0.4 is 10.2 Å². The minimum absolute atomic E-state index is 0. The first-order valence-electron chi connectivity index (χ1n) is 8.54. The van der Waals surface area contributed by atoms with E-state index in [1.165, 1.54) is 25.9 Å². The number of hydrogen-bond donors (Lipinski definition) is 0. The zero-order valence-corrected chi connectivity index (χ0v) is 15.9. The fourth-order valence-corrected chi connectivity index (χ4v) is 2.88. The number of aromatic nitrogens is 1. The van der Waals surface area contributed by atoms with E-state index < -0.39 is 0 Å². The van der Waals surface area contributed by atoms with Gasteiger partial charge in [-0.1, -0.05) is 6.07 Å². The molecule has 2 aliphatic heterocycles. The molecule has 5 nitrogen and oxygen atoms in total. The summed E-state index contributed by atoms with van der Waals surface area (Å²) in [5.41, 5.74) is 0.265. The van der Waals surface area contributed by atoms with Gasteiger partial charge in [-0.3, -0.25) is 4.90 Å². The molecule has 0 radical (unpaired) electrons. The second kappa shape index (κ2) is 7.60. The molecule has 3 rings (SSSR count). The quantitative estimate of drug-likeness (QED) is 0.759.